The van der Waals surface area contributed by atoms with Crippen LogP contribution in [0.3, 0.4) is 0 Å². The molecule has 25 heavy (non-hydrogen) atoms. The van der Waals surface area contributed by atoms with E-state index in [1.165, 1.54) is 0 Å². The van der Waals surface area contributed by atoms with E-state index in [2.05, 4.69) is 4.98 Å². The van der Waals surface area contributed by atoms with E-state index in [0.717, 1.165) is 16.5 Å². The fourth-order valence-electron chi connectivity index (χ4n) is 2.95. The summed E-state index contributed by atoms with van der Waals surface area (Å²) in [5.41, 5.74) is 1.84. The SMILES string of the molecule is CC(C)N(C)C(=O)C1CSCN1C(=O)Cc1c[nH]c2cc(Cl)ccc12. The van der Waals surface area contributed by atoms with E-state index in [-0.39, 0.29) is 30.3 Å². The van der Waals surface area contributed by atoms with E-state index >= 15 is 0 Å². The van der Waals surface area contributed by atoms with Crippen molar-refractivity contribution >= 4 is 46.1 Å². The molecule has 134 valence electrons. The standard InChI is InChI=1S/C18H22ClN3O2S/c1-11(2)21(3)18(24)16-9-25-10-22(16)17(23)6-12-8-20-15-7-13(19)4-5-14(12)15/h4-5,7-8,11,16,20H,6,9-10H2,1-3H3. The zero-order valence-electron chi connectivity index (χ0n) is 14.6. The normalized spacial score (nSPS) is 17.5. The number of fused-ring (bicyclic) bond motifs is 1. The predicted molar refractivity (Wildman–Crippen MR) is 103 cm³/mol. The molecule has 1 aliphatic heterocycles. The Hall–Kier alpha value is -1.66. The smallest absolute Gasteiger partial charge is 0.246 e. The second-order valence-electron chi connectivity index (χ2n) is 6.60. The third-order valence-electron chi connectivity index (χ3n) is 4.68. The molecule has 1 aromatic carbocycles. The van der Waals surface area contributed by atoms with Crippen molar-refractivity contribution in [1.29, 1.82) is 0 Å². The van der Waals surface area contributed by atoms with Crippen LogP contribution in [-0.4, -0.2) is 57.4 Å². The molecule has 1 atom stereocenters. The Labute approximate surface area is 156 Å². The van der Waals surface area contributed by atoms with Gasteiger partial charge in [-0.25, -0.2) is 0 Å². The highest BCUT2D eigenvalue weighted by Gasteiger charge is 2.36. The van der Waals surface area contributed by atoms with Gasteiger partial charge < -0.3 is 14.8 Å². The maximum Gasteiger partial charge on any atom is 0.246 e. The Kier molecular flexibility index (Phi) is 5.29. The van der Waals surface area contributed by atoms with E-state index in [1.807, 2.05) is 38.2 Å². The van der Waals surface area contributed by atoms with Gasteiger partial charge in [-0.15, -0.1) is 11.8 Å². The van der Waals surface area contributed by atoms with Crippen molar-refractivity contribution in [3.05, 3.63) is 35.0 Å². The van der Waals surface area contributed by atoms with Crippen molar-refractivity contribution in [3.63, 3.8) is 0 Å². The quantitative estimate of drug-likeness (QED) is 0.887. The number of aromatic nitrogens is 1. The lowest BCUT2D eigenvalue weighted by Crippen LogP contribution is -2.49. The molecule has 1 saturated heterocycles. The topological polar surface area (TPSA) is 56.4 Å². The third-order valence-corrected chi connectivity index (χ3v) is 5.93. The average Bonchev–Trinajstić information content (AvgIpc) is 3.20. The Morgan fingerprint density at radius 2 is 2.20 bits per heavy atom. The predicted octanol–water partition coefficient (Wildman–Crippen LogP) is 3.13. The third kappa shape index (κ3) is 3.65. The molecule has 0 aliphatic carbocycles. The highest BCUT2D eigenvalue weighted by Crippen LogP contribution is 2.26. The number of benzene rings is 1. The summed E-state index contributed by atoms with van der Waals surface area (Å²) in [6.45, 7) is 3.95. The first kappa shape index (κ1) is 18.1. The summed E-state index contributed by atoms with van der Waals surface area (Å²) in [6, 6.07) is 5.34. The minimum Gasteiger partial charge on any atom is -0.361 e. The first-order valence-electron chi connectivity index (χ1n) is 8.28. The summed E-state index contributed by atoms with van der Waals surface area (Å²) in [7, 11) is 1.79. The number of aromatic amines is 1. The van der Waals surface area contributed by atoms with Gasteiger partial charge in [0.25, 0.3) is 0 Å². The van der Waals surface area contributed by atoms with Crippen LogP contribution in [0.1, 0.15) is 19.4 Å². The van der Waals surface area contributed by atoms with E-state index in [4.69, 9.17) is 11.6 Å². The summed E-state index contributed by atoms with van der Waals surface area (Å²) in [5.74, 6) is 1.22. The van der Waals surface area contributed by atoms with Gasteiger partial charge in [-0.05, 0) is 31.5 Å². The van der Waals surface area contributed by atoms with Gasteiger partial charge in [0.1, 0.15) is 6.04 Å². The molecule has 3 rings (SSSR count). The average molecular weight is 380 g/mol. The van der Waals surface area contributed by atoms with Crippen LogP contribution in [0.5, 0.6) is 0 Å². The number of hydrogen-bond acceptors (Lipinski definition) is 3. The van der Waals surface area contributed by atoms with Gasteiger partial charge >= 0.3 is 0 Å². The maximum atomic E-state index is 12.8. The Bertz CT molecular complexity index is 805. The van der Waals surface area contributed by atoms with E-state index in [0.29, 0.717) is 16.7 Å². The number of halogens is 1. The first-order valence-corrected chi connectivity index (χ1v) is 9.81. The number of thioether (sulfide) groups is 1. The van der Waals surface area contributed by atoms with Crippen LogP contribution in [0.4, 0.5) is 0 Å². The lowest BCUT2D eigenvalue weighted by Gasteiger charge is -2.29. The molecule has 0 radical (unpaired) electrons. The maximum absolute atomic E-state index is 12.8. The molecule has 2 heterocycles. The highest BCUT2D eigenvalue weighted by molar-refractivity contribution is 7.99. The minimum absolute atomic E-state index is 0.0130. The molecular weight excluding hydrogens is 358 g/mol. The second-order valence-corrected chi connectivity index (χ2v) is 8.04. The molecule has 2 amide bonds. The number of nitrogens with zero attached hydrogens (tertiary/aromatic N) is 2. The Morgan fingerprint density at radius 1 is 1.44 bits per heavy atom. The molecule has 1 unspecified atom stereocenters. The van der Waals surface area contributed by atoms with Crippen LogP contribution >= 0.6 is 23.4 Å². The van der Waals surface area contributed by atoms with Crippen molar-refractivity contribution in [1.82, 2.24) is 14.8 Å². The Balaban J connectivity index is 1.76. The molecule has 2 aromatic rings. The summed E-state index contributed by atoms with van der Waals surface area (Å²) >= 11 is 7.63. The zero-order valence-corrected chi connectivity index (χ0v) is 16.2. The molecule has 1 N–H and O–H groups in total. The van der Waals surface area contributed by atoms with Crippen molar-refractivity contribution in [2.75, 3.05) is 18.7 Å². The van der Waals surface area contributed by atoms with Gasteiger partial charge in [0, 0.05) is 41.0 Å². The van der Waals surface area contributed by atoms with Gasteiger partial charge in [0.05, 0.1) is 12.3 Å². The number of carbonyl (C=O) groups is 2. The number of likely N-dealkylation sites (N-methyl/N-ethyl adjacent to an activating group) is 1. The molecule has 0 spiro atoms. The number of H-pyrrole nitrogens is 1. The molecule has 0 bridgehead atoms. The fourth-order valence-corrected chi connectivity index (χ4v) is 4.30. The second kappa shape index (κ2) is 7.30. The summed E-state index contributed by atoms with van der Waals surface area (Å²) in [6.07, 6.45) is 2.12. The zero-order chi connectivity index (χ0) is 18.1. The number of carbonyl (C=O) groups excluding carboxylic acids is 2. The van der Waals surface area contributed by atoms with Gasteiger partial charge in [0.15, 0.2) is 0 Å². The first-order chi connectivity index (χ1) is 11.9. The summed E-state index contributed by atoms with van der Waals surface area (Å²) in [5, 5.41) is 1.65. The molecule has 1 aromatic heterocycles. The number of amides is 2. The van der Waals surface area contributed by atoms with Gasteiger partial charge in [-0.1, -0.05) is 17.7 Å². The molecule has 1 fully saturated rings. The van der Waals surface area contributed by atoms with Crippen LogP contribution in [0.25, 0.3) is 10.9 Å². The minimum atomic E-state index is -0.371. The molecule has 1 aliphatic rings. The van der Waals surface area contributed by atoms with Crippen molar-refractivity contribution in [3.8, 4) is 0 Å². The van der Waals surface area contributed by atoms with Crippen molar-refractivity contribution in [2.45, 2.75) is 32.4 Å². The fraction of sp³-hybridized carbons (Fsp3) is 0.444. The molecule has 5 nitrogen and oxygen atoms in total. The van der Waals surface area contributed by atoms with Crippen LogP contribution in [0, 0.1) is 0 Å². The molecule has 7 heteroatoms. The molecular formula is C18H22ClN3O2S. The van der Waals surface area contributed by atoms with Crippen LogP contribution < -0.4 is 0 Å². The number of hydrogen-bond donors (Lipinski definition) is 1. The van der Waals surface area contributed by atoms with E-state index < -0.39 is 0 Å². The number of nitrogens with one attached hydrogen (secondary N) is 1. The van der Waals surface area contributed by atoms with E-state index in [1.54, 1.807) is 28.6 Å². The van der Waals surface area contributed by atoms with Crippen LogP contribution in [-0.2, 0) is 16.0 Å². The molecule has 0 saturated carbocycles. The van der Waals surface area contributed by atoms with Crippen molar-refractivity contribution in [2.24, 2.45) is 0 Å². The van der Waals surface area contributed by atoms with Gasteiger partial charge in [-0.3, -0.25) is 9.59 Å². The van der Waals surface area contributed by atoms with E-state index in [9.17, 15) is 9.59 Å². The Morgan fingerprint density at radius 3 is 2.92 bits per heavy atom. The largest absolute Gasteiger partial charge is 0.361 e. The lowest BCUT2D eigenvalue weighted by atomic mass is 10.1. The van der Waals surface area contributed by atoms with Gasteiger partial charge in [-0.2, -0.15) is 0 Å². The monoisotopic (exact) mass is 379 g/mol. The summed E-state index contributed by atoms with van der Waals surface area (Å²) < 4.78 is 0. The number of rotatable bonds is 4. The highest BCUT2D eigenvalue weighted by atomic mass is 35.5. The van der Waals surface area contributed by atoms with Gasteiger partial charge in [0.2, 0.25) is 11.8 Å². The lowest BCUT2D eigenvalue weighted by molar-refractivity contribution is -0.143. The van der Waals surface area contributed by atoms with Crippen LogP contribution in [0.15, 0.2) is 24.4 Å². The summed E-state index contributed by atoms with van der Waals surface area (Å²) in [4.78, 5) is 32.1. The van der Waals surface area contributed by atoms with Crippen LogP contribution in [0.2, 0.25) is 5.02 Å². The van der Waals surface area contributed by atoms with Crippen molar-refractivity contribution < 1.29 is 9.59 Å².